The van der Waals surface area contributed by atoms with Crippen LogP contribution in [0.2, 0.25) is 5.02 Å². The predicted octanol–water partition coefficient (Wildman–Crippen LogP) is 5.28. The molecule has 4 aromatic rings. The number of hydrogen-bond donors (Lipinski definition) is 1. The number of rotatable bonds is 9. The highest BCUT2D eigenvalue weighted by atomic mass is 35.5. The van der Waals surface area contributed by atoms with Crippen LogP contribution in [0.15, 0.2) is 75.0 Å². The van der Waals surface area contributed by atoms with Crippen molar-refractivity contribution in [3.05, 3.63) is 76.8 Å². The zero-order chi connectivity index (χ0) is 25.7. The number of thiazole rings is 1. The molecule has 0 unspecified atom stereocenters. The number of nitrogens with one attached hydrogen (secondary N) is 1. The lowest BCUT2D eigenvalue weighted by atomic mass is 10.2. The van der Waals surface area contributed by atoms with E-state index in [2.05, 4.69) is 15.5 Å². The average Bonchev–Trinajstić information content (AvgIpc) is 3.27. The Balaban J connectivity index is 1.39. The molecule has 0 radical (unpaired) electrons. The van der Waals surface area contributed by atoms with Gasteiger partial charge in [0.05, 0.1) is 34.3 Å². The van der Waals surface area contributed by atoms with E-state index in [0.717, 1.165) is 20.1 Å². The van der Waals surface area contributed by atoms with Gasteiger partial charge in [0.1, 0.15) is 4.90 Å². The number of carbonyl (C=O) groups excluding carboxylic acids is 1. The number of para-hydroxylation sites is 1. The second-order valence-corrected chi connectivity index (χ2v) is 11.6. The summed E-state index contributed by atoms with van der Waals surface area (Å²) in [5.74, 6) is -0.214. The van der Waals surface area contributed by atoms with Crippen LogP contribution in [0.5, 0.6) is 11.5 Å². The Labute approximate surface area is 221 Å². The minimum Gasteiger partial charge on any atom is -0.493 e. The number of hydrazone groups is 1. The van der Waals surface area contributed by atoms with Crippen LogP contribution in [0, 0.1) is 6.92 Å². The molecule has 36 heavy (non-hydrogen) atoms. The molecule has 1 N–H and O–H groups in total. The number of methoxy groups -OCH3 is 1. The largest absolute Gasteiger partial charge is 0.493 e. The standard InChI is InChI=1S/C24H20ClN3O5S3/c1-15-7-9-17(10-8-15)36(30,31)33-23-18(25)11-16(12-20(23)32-2)13-26-28-22(29)14-34-24-27-19-5-3-4-6-21(19)35-24/h3-13H,14H2,1-2H3,(H,28,29)/b26-13-. The molecule has 0 atom stereocenters. The number of hydrogen-bond acceptors (Lipinski definition) is 9. The van der Waals surface area contributed by atoms with Gasteiger partial charge < -0.3 is 8.92 Å². The van der Waals surface area contributed by atoms with Gasteiger partial charge in [0.15, 0.2) is 10.1 Å². The Morgan fingerprint density at radius 3 is 2.67 bits per heavy atom. The van der Waals surface area contributed by atoms with E-state index >= 15 is 0 Å². The summed E-state index contributed by atoms with van der Waals surface area (Å²) < 4.78 is 37.7. The molecule has 1 amide bonds. The van der Waals surface area contributed by atoms with Crippen LogP contribution in [0.3, 0.4) is 0 Å². The number of amides is 1. The first-order valence-electron chi connectivity index (χ1n) is 10.4. The highest BCUT2D eigenvalue weighted by Gasteiger charge is 2.22. The number of carbonyl (C=O) groups is 1. The van der Waals surface area contributed by atoms with Gasteiger partial charge in [0, 0.05) is 0 Å². The minimum atomic E-state index is -4.13. The molecule has 0 aliphatic heterocycles. The van der Waals surface area contributed by atoms with E-state index < -0.39 is 10.1 Å². The highest BCUT2D eigenvalue weighted by molar-refractivity contribution is 8.01. The zero-order valence-electron chi connectivity index (χ0n) is 19.1. The molecule has 8 nitrogen and oxygen atoms in total. The van der Waals surface area contributed by atoms with Gasteiger partial charge in [-0.05, 0) is 48.9 Å². The molecule has 0 aliphatic rings. The summed E-state index contributed by atoms with van der Waals surface area (Å²) in [6, 6.07) is 16.9. The Morgan fingerprint density at radius 1 is 1.19 bits per heavy atom. The molecule has 0 saturated carbocycles. The Bertz CT molecular complexity index is 1500. The fourth-order valence-corrected chi connectivity index (χ4v) is 6.13. The molecule has 0 bridgehead atoms. The number of aromatic nitrogens is 1. The molecule has 3 aromatic carbocycles. The van der Waals surface area contributed by atoms with Crippen molar-refractivity contribution in [2.24, 2.45) is 5.10 Å². The maximum Gasteiger partial charge on any atom is 0.339 e. The van der Waals surface area contributed by atoms with Gasteiger partial charge in [-0.1, -0.05) is 53.2 Å². The maximum absolute atomic E-state index is 12.7. The third kappa shape index (κ3) is 6.35. The number of benzene rings is 3. The van der Waals surface area contributed by atoms with Crippen LogP contribution in [-0.4, -0.2) is 38.4 Å². The summed E-state index contributed by atoms with van der Waals surface area (Å²) in [5.41, 5.74) is 4.72. The third-order valence-corrected chi connectivity index (χ3v) is 8.45. The van der Waals surface area contributed by atoms with E-state index in [-0.39, 0.29) is 33.1 Å². The normalized spacial score (nSPS) is 11.6. The summed E-state index contributed by atoms with van der Waals surface area (Å²) in [6.45, 7) is 1.85. The zero-order valence-corrected chi connectivity index (χ0v) is 22.3. The van der Waals surface area contributed by atoms with Crippen molar-refractivity contribution in [2.75, 3.05) is 12.9 Å². The lowest BCUT2D eigenvalue weighted by Crippen LogP contribution is -2.19. The molecule has 1 heterocycles. The summed E-state index contributed by atoms with van der Waals surface area (Å²) in [4.78, 5) is 16.6. The van der Waals surface area contributed by atoms with E-state index in [9.17, 15) is 13.2 Å². The number of aryl methyl sites for hydroxylation is 1. The first-order valence-corrected chi connectivity index (χ1v) is 14.0. The molecular formula is C24H20ClN3O5S3. The van der Waals surface area contributed by atoms with E-state index in [4.69, 9.17) is 20.5 Å². The molecule has 0 fully saturated rings. The number of halogens is 1. The Kier molecular flexibility index (Phi) is 8.14. The number of nitrogens with zero attached hydrogens (tertiary/aromatic N) is 2. The highest BCUT2D eigenvalue weighted by Crippen LogP contribution is 2.38. The monoisotopic (exact) mass is 561 g/mol. The van der Waals surface area contributed by atoms with Crippen LogP contribution in [0.25, 0.3) is 10.2 Å². The Morgan fingerprint density at radius 2 is 1.94 bits per heavy atom. The predicted molar refractivity (Wildman–Crippen MR) is 143 cm³/mol. The van der Waals surface area contributed by atoms with E-state index in [1.807, 2.05) is 31.2 Å². The lowest BCUT2D eigenvalue weighted by molar-refractivity contribution is -0.118. The van der Waals surface area contributed by atoms with Gasteiger partial charge in [-0.15, -0.1) is 11.3 Å². The quantitative estimate of drug-likeness (QED) is 0.128. The molecule has 1 aromatic heterocycles. The van der Waals surface area contributed by atoms with Gasteiger partial charge in [0.2, 0.25) is 5.75 Å². The Hall–Kier alpha value is -3.12. The minimum absolute atomic E-state index is 0.00389. The molecule has 186 valence electrons. The van der Waals surface area contributed by atoms with E-state index in [0.29, 0.717) is 5.56 Å². The SMILES string of the molecule is COc1cc(/C=N\NC(=O)CSc2nc3ccccc3s2)cc(Cl)c1OS(=O)(=O)c1ccc(C)cc1. The smallest absolute Gasteiger partial charge is 0.339 e. The number of ether oxygens (including phenoxy) is 1. The summed E-state index contributed by atoms with van der Waals surface area (Å²) in [6.07, 6.45) is 1.37. The number of fused-ring (bicyclic) bond motifs is 1. The fraction of sp³-hybridized carbons (Fsp3) is 0.125. The van der Waals surface area contributed by atoms with Gasteiger partial charge in [-0.3, -0.25) is 4.79 Å². The summed E-state index contributed by atoms with van der Waals surface area (Å²) >= 11 is 9.14. The van der Waals surface area contributed by atoms with Crippen molar-refractivity contribution in [1.82, 2.24) is 10.4 Å². The van der Waals surface area contributed by atoms with Crippen molar-refractivity contribution in [2.45, 2.75) is 16.2 Å². The van der Waals surface area contributed by atoms with Crippen LogP contribution in [0.4, 0.5) is 0 Å². The van der Waals surface area contributed by atoms with Crippen LogP contribution in [-0.2, 0) is 14.9 Å². The van der Waals surface area contributed by atoms with Crippen molar-refractivity contribution < 1.29 is 22.1 Å². The average molecular weight is 562 g/mol. The fourth-order valence-electron chi connectivity index (χ4n) is 3.01. The molecular weight excluding hydrogens is 542 g/mol. The number of thioether (sulfide) groups is 1. The topological polar surface area (TPSA) is 107 Å². The molecule has 0 saturated heterocycles. The summed E-state index contributed by atoms with van der Waals surface area (Å²) in [5, 5.41) is 3.95. The third-order valence-electron chi connectivity index (χ3n) is 4.76. The molecule has 4 rings (SSSR count). The van der Waals surface area contributed by atoms with Crippen molar-refractivity contribution in [3.8, 4) is 11.5 Å². The van der Waals surface area contributed by atoms with Crippen molar-refractivity contribution in [1.29, 1.82) is 0 Å². The molecule has 0 aliphatic carbocycles. The van der Waals surface area contributed by atoms with Crippen LogP contribution in [0.1, 0.15) is 11.1 Å². The lowest BCUT2D eigenvalue weighted by Gasteiger charge is -2.13. The molecule has 12 heteroatoms. The first kappa shape index (κ1) is 26.0. The van der Waals surface area contributed by atoms with Gasteiger partial charge in [0.25, 0.3) is 5.91 Å². The second-order valence-electron chi connectivity index (χ2n) is 7.41. The van der Waals surface area contributed by atoms with Gasteiger partial charge >= 0.3 is 10.1 Å². The van der Waals surface area contributed by atoms with Crippen LogP contribution >= 0.6 is 34.7 Å². The maximum atomic E-state index is 12.7. The van der Waals surface area contributed by atoms with Gasteiger partial charge in [-0.25, -0.2) is 10.4 Å². The summed E-state index contributed by atoms with van der Waals surface area (Å²) in [7, 11) is -2.77. The van der Waals surface area contributed by atoms with Crippen molar-refractivity contribution in [3.63, 3.8) is 0 Å². The first-order chi connectivity index (χ1) is 17.2. The van der Waals surface area contributed by atoms with E-state index in [1.54, 1.807) is 12.1 Å². The van der Waals surface area contributed by atoms with Crippen molar-refractivity contribution >= 4 is 67.2 Å². The second kappa shape index (κ2) is 11.3. The van der Waals surface area contributed by atoms with E-state index in [1.165, 1.54) is 60.7 Å². The van der Waals surface area contributed by atoms with Gasteiger partial charge in [-0.2, -0.15) is 13.5 Å². The molecule has 0 spiro atoms. The van der Waals surface area contributed by atoms with Crippen LogP contribution < -0.4 is 14.3 Å².